The van der Waals surface area contributed by atoms with Gasteiger partial charge in [0.2, 0.25) is 0 Å². The van der Waals surface area contributed by atoms with Gasteiger partial charge in [0.1, 0.15) is 0 Å². The quantitative estimate of drug-likeness (QED) is 0.417. The van der Waals surface area contributed by atoms with E-state index in [2.05, 4.69) is 36.9 Å². The number of rotatable bonds is 5. The van der Waals surface area contributed by atoms with Crippen LogP contribution in [-0.2, 0) is 0 Å². The smallest absolute Gasteiger partial charge is 0.164 e. The first-order valence-corrected chi connectivity index (χ1v) is 10.3. The largest absolute Gasteiger partial charge is 0.208 e. The first-order valence-electron chi connectivity index (χ1n) is 9.96. The molecule has 0 saturated heterocycles. The molecule has 4 rings (SSSR count). The van der Waals surface area contributed by atoms with Gasteiger partial charge < -0.3 is 0 Å². The summed E-state index contributed by atoms with van der Waals surface area (Å²) in [5, 5.41) is 0.653. The second kappa shape index (κ2) is 9.02. The number of allylic oxidation sites excluding steroid dienone is 7. The molecular weight excluding hydrogens is 390 g/mol. The fraction of sp³-hybridized carbons (Fsp3) is 0.115. The predicted octanol–water partition coefficient (Wildman–Crippen LogP) is 7.18. The molecule has 0 fully saturated rings. The summed E-state index contributed by atoms with van der Waals surface area (Å²) < 4.78 is 0. The highest BCUT2D eigenvalue weighted by molar-refractivity contribution is 6.30. The van der Waals surface area contributed by atoms with Crippen molar-refractivity contribution < 1.29 is 0 Å². The van der Waals surface area contributed by atoms with E-state index < -0.39 is 0 Å². The summed E-state index contributed by atoms with van der Waals surface area (Å²) in [5.74, 6) is 1.93. The highest BCUT2D eigenvalue weighted by Crippen LogP contribution is 2.27. The van der Waals surface area contributed by atoms with Gasteiger partial charge in [-0.15, -0.1) is 0 Å². The molecule has 0 amide bonds. The van der Waals surface area contributed by atoms with Gasteiger partial charge in [0.25, 0.3) is 0 Å². The third kappa shape index (κ3) is 4.32. The zero-order valence-corrected chi connectivity index (χ0v) is 17.6. The average Bonchev–Trinajstić information content (AvgIpc) is 2.81. The molecule has 1 heterocycles. The minimum absolute atomic E-state index is 0.613. The molecule has 2 aromatic carbocycles. The van der Waals surface area contributed by atoms with E-state index in [9.17, 15) is 0 Å². The van der Waals surface area contributed by atoms with Crippen LogP contribution in [-0.4, -0.2) is 15.0 Å². The Labute approximate surface area is 182 Å². The maximum Gasteiger partial charge on any atom is 0.164 e. The van der Waals surface area contributed by atoms with E-state index in [1.807, 2.05) is 55.5 Å². The van der Waals surface area contributed by atoms with Crippen LogP contribution in [0.4, 0.5) is 0 Å². The van der Waals surface area contributed by atoms with E-state index in [0.29, 0.717) is 22.5 Å². The molecule has 148 valence electrons. The second-order valence-corrected chi connectivity index (χ2v) is 7.42. The maximum absolute atomic E-state index is 6.21. The monoisotopic (exact) mass is 411 g/mol. The third-order valence-corrected chi connectivity index (χ3v) is 5.21. The molecule has 1 aliphatic carbocycles. The summed E-state index contributed by atoms with van der Waals surface area (Å²) in [6.07, 6.45) is 12.3. The summed E-state index contributed by atoms with van der Waals surface area (Å²) in [7, 11) is 0. The first kappa shape index (κ1) is 20.0. The van der Waals surface area contributed by atoms with Crippen LogP contribution in [0, 0.1) is 0 Å². The van der Waals surface area contributed by atoms with Crippen molar-refractivity contribution >= 4 is 22.7 Å². The number of hydrogen-bond donors (Lipinski definition) is 0. The van der Waals surface area contributed by atoms with Gasteiger partial charge in [-0.3, -0.25) is 0 Å². The molecule has 0 radical (unpaired) electrons. The van der Waals surface area contributed by atoms with Crippen LogP contribution < -0.4 is 0 Å². The van der Waals surface area contributed by atoms with E-state index in [1.54, 1.807) is 0 Å². The lowest BCUT2D eigenvalue weighted by Crippen LogP contribution is -2.03. The highest BCUT2D eigenvalue weighted by Gasteiger charge is 2.14. The Balaban J connectivity index is 1.82. The Hall–Kier alpha value is -3.30. The number of aromatic nitrogens is 3. The van der Waals surface area contributed by atoms with Crippen molar-refractivity contribution in [3.63, 3.8) is 0 Å². The molecule has 1 aliphatic rings. The average molecular weight is 412 g/mol. The standard InChI is InChI=1S/C26H22ClN3/c1-3-18(4-2)19-13-15-21(16-14-19)25-28-24(20-9-6-5-7-10-20)29-26(30-25)22-11-8-12-23(27)17-22/h3-4,6,8-17H,1,5,7H2,2H3/b18-4+. The van der Waals surface area contributed by atoms with E-state index in [-0.39, 0.29) is 0 Å². The minimum atomic E-state index is 0.613. The van der Waals surface area contributed by atoms with Gasteiger partial charge in [-0.05, 0) is 43.0 Å². The van der Waals surface area contributed by atoms with Gasteiger partial charge in [-0.2, -0.15) is 0 Å². The summed E-state index contributed by atoms with van der Waals surface area (Å²) >= 11 is 6.21. The van der Waals surface area contributed by atoms with Crippen LogP contribution in [0.3, 0.4) is 0 Å². The number of halogens is 1. The molecular formula is C26H22ClN3. The fourth-order valence-corrected chi connectivity index (χ4v) is 3.57. The van der Waals surface area contributed by atoms with Crippen LogP contribution in [0.15, 0.2) is 85.5 Å². The van der Waals surface area contributed by atoms with Crippen LogP contribution in [0.25, 0.3) is 33.9 Å². The van der Waals surface area contributed by atoms with Crippen molar-refractivity contribution in [2.45, 2.75) is 19.8 Å². The zero-order valence-electron chi connectivity index (χ0n) is 16.8. The summed E-state index contributed by atoms with van der Waals surface area (Å²) in [4.78, 5) is 14.3. The first-order chi connectivity index (χ1) is 14.7. The third-order valence-electron chi connectivity index (χ3n) is 4.98. The number of nitrogens with zero attached hydrogens (tertiary/aromatic N) is 3. The maximum atomic E-state index is 6.21. The Morgan fingerprint density at radius 1 is 0.933 bits per heavy atom. The molecule has 0 N–H and O–H groups in total. The molecule has 3 aromatic rings. The summed E-state index contributed by atoms with van der Waals surface area (Å²) in [5.41, 5.74) is 5.03. The van der Waals surface area contributed by atoms with Crippen LogP contribution in [0.2, 0.25) is 5.02 Å². The minimum Gasteiger partial charge on any atom is -0.208 e. The molecule has 0 saturated carbocycles. The molecule has 4 heteroatoms. The Morgan fingerprint density at radius 3 is 2.30 bits per heavy atom. The lowest BCUT2D eigenvalue weighted by atomic mass is 10.0. The topological polar surface area (TPSA) is 38.7 Å². The molecule has 30 heavy (non-hydrogen) atoms. The van der Waals surface area contributed by atoms with Gasteiger partial charge in [0.15, 0.2) is 17.5 Å². The predicted molar refractivity (Wildman–Crippen MR) is 126 cm³/mol. The van der Waals surface area contributed by atoms with Crippen LogP contribution >= 0.6 is 11.6 Å². The van der Waals surface area contributed by atoms with Gasteiger partial charge in [0, 0.05) is 21.7 Å². The van der Waals surface area contributed by atoms with Crippen molar-refractivity contribution in [3.8, 4) is 22.8 Å². The van der Waals surface area contributed by atoms with Crippen molar-refractivity contribution in [3.05, 3.63) is 102 Å². The van der Waals surface area contributed by atoms with E-state index in [1.165, 1.54) is 0 Å². The highest BCUT2D eigenvalue weighted by atomic mass is 35.5. The zero-order chi connectivity index (χ0) is 20.9. The Kier molecular flexibility index (Phi) is 6.01. The lowest BCUT2D eigenvalue weighted by Gasteiger charge is -2.11. The second-order valence-electron chi connectivity index (χ2n) is 6.98. The van der Waals surface area contributed by atoms with E-state index >= 15 is 0 Å². The molecule has 0 spiro atoms. The Bertz CT molecular complexity index is 1170. The van der Waals surface area contributed by atoms with Gasteiger partial charge in [0.05, 0.1) is 0 Å². The molecule has 0 aliphatic heterocycles. The van der Waals surface area contributed by atoms with Gasteiger partial charge >= 0.3 is 0 Å². The SMILES string of the molecule is C=C/C(=C\C)c1ccc(-c2nc(C3=CCCC=C3)nc(-c3cccc(Cl)c3)n2)cc1. The summed E-state index contributed by atoms with van der Waals surface area (Å²) in [6.45, 7) is 5.89. The number of benzene rings is 2. The van der Waals surface area contributed by atoms with E-state index in [0.717, 1.165) is 40.7 Å². The molecule has 1 aromatic heterocycles. The fourth-order valence-electron chi connectivity index (χ4n) is 3.38. The van der Waals surface area contributed by atoms with Crippen LogP contribution in [0.1, 0.15) is 31.2 Å². The van der Waals surface area contributed by atoms with Crippen molar-refractivity contribution in [2.24, 2.45) is 0 Å². The van der Waals surface area contributed by atoms with Crippen molar-refractivity contribution in [1.29, 1.82) is 0 Å². The number of hydrogen-bond acceptors (Lipinski definition) is 3. The summed E-state index contributed by atoms with van der Waals surface area (Å²) in [6, 6.07) is 15.8. The normalized spacial score (nSPS) is 13.8. The molecule has 0 unspecified atom stereocenters. The van der Waals surface area contributed by atoms with Gasteiger partial charge in [-0.1, -0.05) is 85.0 Å². The molecule has 3 nitrogen and oxygen atoms in total. The molecule has 0 atom stereocenters. The van der Waals surface area contributed by atoms with Crippen molar-refractivity contribution in [2.75, 3.05) is 0 Å². The van der Waals surface area contributed by atoms with Crippen molar-refractivity contribution in [1.82, 2.24) is 15.0 Å². The Morgan fingerprint density at radius 2 is 1.67 bits per heavy atom. The van der Waals surface area contributed by atoms with E-state index in [4.69, 9.17) is 26.6 Å². The van der Waals surface area contributed by atoms with Gasteiger partial charge in [-0.25, -0.2) is 15.0 Å². The molecule has 0 bridgehead atoms. The van der Waals surface area contributed by atoms with Crippen LogP contribution in [0.5, 0.6) is 0 Å². The lowest BCUT2D eigenvalue weighted by molar-refractivity contribution is 1.01.